The van der Waals surface area contributed by atoms with Gasteiger partial charge in [-0.1, -0.05) is 11.6 Å². The highest BCUT2D eigenvalue weighted by molar-refractivity contribution is 6.30. The Hall–Kier alpha value is -1.75. The van der Waals surface area contributed by atoms with Crippen molar-refractivity contribution in [1.82, 2.24) is 9.80 Å². The van der Waals surface area contributed by atoms with Gasteiger partial charge in [0.05, 0.1) is 5.92 Å². The van der Waals surface area contributed by atoms with Gasteiger partial charge in [-0.25, -0.2) is 0 Å². The van der Waals surface area contributed by atoms with Crippen LogP contribution in [-0.2, 0) is 9.59 Å². The van der Waals surface area contributed by atoms with Gasteiger partial charge in [0.1, 0.15) is 0 Å². The quantitative estimate of drug-likeness (QED) is 0.822. The maximum Gasteiger partial charge on any atom is 0.227 e. The first-order valence-corrected chi connectivity index (χ1v) is 8.97. The van der Waals surface area contributed by atoms with E-state index in [1.807, 2.05) is 29.2 Å². The van der Waals surface area contributed by atoms with Crippen molar-refractivity contribution in [3.63, 3.8) is 0 Å². The minimum absolute atomic E-state index is 0.0373. The standard InChI is InChI=1S/C18H24ClN3O2/c1-14(23)22-8-2-3-15(13-22)18(24)21-11-9-20(10-12-21)17-6-4-16(19)5-7-17/h4-7,15H,2-3,8-13H2,1H3. The van der Waals surface area contributed by atoms with E-state index in [2.05, 4.69) is 4.90 Å². The topological polar surface area (TPSA) is 43.9 Å². The van der Waals surface area contributed by atoms with Crippen LogP contribution in [0.15, 0.2) is 24.3 Å². The number of likely N-dealkylation sites (tertiary alicyclic amines) is 1. The predicted octanol–water partition coefficient (Wildman–Crippen LogP) is 2.25. The van der Waals surface area contributed by atoms with E-state index in [1.165, 1.54) is 0 Å². The summed E-state index contributed by atoms with van der Waals surface area (Å²) in [4.78, 5) is 30.4. The lowest BCUT2D eigenvalue weighted by Crippen LogP contribution is -2.53. The van der Waals surface area contributed by atoms with E-state index >= 15 is 0 Å². The summed E-state index contributed by atoms with van der Waals surface area (Å²) in [6.45, 7) is 6.07. The van der Waals surface area contributed by atoms with Crippen LogP contribution in [0.1, 0.15) is 19.8 Å². The third-order valence-corrected chi connectivity index (χ3v) is 5.25. The van der Waals surface area contributed by atoms with E-state index in [1.54, 1.807) is 11.8 Å². The van der Waals surface area contributed by atoms with Crippen LogP contribution in [0.25, 0.3) is 0 Å². The molecule has 0 spiro atoms. The third kappa shape index (κ3) is 3.83. The average Bonchev–Trinajstić information content (AvgIpc) is 2.62. The summed E-state index contributed by atoms with van der Waals surface area (Å²) in [5.74, 6) is 0.237. The lowest BCUT2D eigenvalue weighted by Gasteiger charge is -2.39. The molecule has 2 amide bonds. The fourth-order valence-electron chi connectivity index (χ4n) is 3.56. The summed E-state index contributed by atoms with van der Waals surface area (Å²) >= 11 is 5.94. The number of carbonyl (C=O) groups excluding carboxylic acids is 2. The molecule has 1 aromatic carbocycles. The lowest BCUT2D eigenvalue weighted by atomic mass is 9.96. The van der Waals surface area contributed by atoms with Gasteiger partial charge in [0.25, 0.3) is 0 Å². The van der Waals surface area contributed by atoms with Crippen LogP contribution >= 0.6 is 11.6 Å². The second kappa shape index (κ2) is 7.43. The van der Waals surface area contributed by atoms with Crippen LogP contribution in [0.2, 0.25) is 5.02 Å². The molecule has 1 aromatic rings. The Morgan fingerprint density at radius 1 is 1.00 bits per heavy atom. The van der Waals surface area contributed by atoms with Crippen molar-refractivity contribution >= 4 is 29.1 Å². The summed E-state index contributed by atoms with van der Waals surface area (Å²) in [6, 6.07) is 7.83. The van der Waals surface area contributed by atoms with Crippen molar-refractivity contribution in [1.29, 1.82) is 0 Å². The largest absolute Gasteiger partial charge is 0.368 e. The molecule has 1 unspecified atom stereocenters. The fraction of sp³-hybridized carbons (Fsp3) is 0.556. The molecule has 1 atom stereocenters. The molecule has 2 saturated heterocycles. The number of piperazine rings is 1. The van der Waals surface area contributed by atoms with Crippen LogP contribution in [-0.4, -0.2) is 60.9 Å². The van der Waals surface area contributed by atoms with Gasteiger partial charge < -0.3 is 14.7 Å². The zero-order valence-corrected chi connectivity index (χ0v) is 14.8. The molecular formula is C18H24ClN3O2. The van der Waals surface area contributed by atoms with E-state index in [0.29, 0.717) is 6.54 Å². The number of hydrogen-bond acceptors (Lipinski definition) is 3. The molecule has 130 valence electrons. The Bertz CT molecular complexity index is 597. The predicted molar refractivity (Wildman–Crippen MR) is 95.2 cm³/mol. The summed E-state index contributed by atoms with van der Waals surface area (Å²) < 4.78 is 0. The van der Waals surface area contributed by atoms with Crippen molar-refractivity contribution in [3.05, 3.63) is 29.3 Å². The van der Waals surface area contributed by atoms with E-state index in [9.17, 15) is 9.59 Å². The highest BCUT2D eigenvalue weighted by Crippen LogP contribution is 2.22. The molecule has 0 N–H and O–H groups in total. The molecule has 5 nitrogen and oxygen atoms in total. The first-order valence-electron chi connectivity index (χ1n) is 8.59. The Kier molecular flexibility index (Phi) is 5.29. The lowest BCUT2D eigenvalue weighted by molar-refractivity contribution is -0.140. The summed E-state index contributed by atoms with van der Waals surface area (Å²) in [6.07, 6.45) is 1.81. The van der Waals surface area contributed by atoms with Crippen LogP contribution < -0.4 is 4.90 Å². The number of benzene rings is 1. The summed E-state index contributed by atoms with van der Waals surface area (Å²) in [7, 11) is 0. The molecule has 0 radical (unpaired) electrons. The SMILES string of the molecule is CC(=O)N1CCCC(C(=O)N2CCN(c3ccc(Cl)cc3)CC2)C1. The number of nitrogens with zero attached hydrogens (tertiary/aromatic N) is 3. The maximum absolute atomic E-state index is 12.8. The smallest absolute Gasteiger partial charge is 0.227 e. The number of hydrogen-bond donors (Lipinski definition) is 0. The normalized spacial score (nSPS) is 21.8. The molecular weight excluding hydrogens is 326 g/mol. The van der Waals surface area contributed by atoms with E-state index in [4.69, 9.17) is 11.6 Å². The summed E-state index contributed by atoms with van der Waals surface area (Å²) in [5, 5.41) is 0.736. The van der Waals surface area contributed by atoms with Crippen LogP contribution in [0.5, 0.6) is 0 Å². The first-order chi connectivity index (χ1) is 11.5. The average molecular weight is 350 g/mol. The Balaban J connectivity index is 1.55. The molecule has 2 fully saturated rings. The van der Waals surface area contributed by atoms with Crippen molar-refractivity contribution in [2.24, 2.45) is 5.92 Å². The van der Waals surface area contributed by atoms with Crippen LogP contribution in [0.3, 0.4) is 0 Å². The van der Waals surface area contributed by atoms with Gasteiger partial charge in [-0.2, -0.15) is 0 Å². The van der Waals surface area contributed by atoms with Gasteiger partial charge in [-0.15, -0.1) is 0 Å². The third-order valence-electron chi connectivity index (χ3n) is 5.00. The minimum Gasteiger partial charge on any atom is -0.368 e. The Morgan fingerprint density at radius 2 is 1.67 bits per heavy atom. The molecule has 0 saturated carbocycles. The van der Waals surface area contributed by atoms with Crippen LogP contribution in [0, 0.1) is 5.92 Å². The van der Waals surface area contributed by atoms with E-state index in [-0.39, 0.29) is 17.7 Å². The molecule has 6 heteroatoms. The number of anilines is 1. The second-order valence-electron chi connectivity index (χ2n) is 6.59. The minimum atomic E-state index is -0.0373. The van der Waals surface area contributed by atoms with E-state index in [0.717, 1.165) is 56.3 Å². The number of piperidine rings is 1. The molecule has 0 aliphatic carbocycles. The van der Waals surface area contributed by atoms with Crippen molar-refractivity contribution < 1.29 is 9.59 Å². The second-order valence-corrected chi connectivity index (χ2v) is 7.03. The fourth-order valence-corrected chi connectivity index (χ4v) is 3.69. The van der Waals surface area contributed by atoms with Gasteiger partial charge >= 0.3 is 0 Å². The van der Waals surface area contributed by atoms with Crippen molar-refractivity contribution in [2.45, 2.75) is 19.8 Å². The van der Waals surface area contributed by atoms with Gasteiger partial charge in [-0.3, -0.25) is 9.59 Å². The number of halogens is 1. The van der Waals surface area contributed by atoms with Gasteiger partial charge in [0, 0.05) is 56.9 Å². The van der Waals surface area contributed by atoms with Crippen molar-refractivity contribution in [3.8, 4) is 0 Å². The zero-order chi connectivity index (χ0) is 17.1. The highest BCUT2D eigenvalue weighted by atomic mass is 35.5. The number of rotatable bonds is 2. The molecule has 2 aliphatic rings. The Morgan fingerprint density at radius 3 is 2.29 bits per heavy atom. The maximum atomic E-state index is 12.8. The van der Waals surface area contributed by atoms with Gasteiger partial charge in [0.2, 0.25) is 11.8 Å². The molecule has 3 rings (SSSR count). The monoisotopic (exact) mass is 349 g/mol. The number of amides is 2. The highest BCUT2D eigenvalue weighted by Gasteiger charge is 2.31. The van der Waals surface area contributed by atoms with Gasteiger partial charge in [-0.05, 0) is 37.1 Å². The molecule has 0 bridgehead atoms. The molecule has 2 aliphatic heterocycles. The molecule has 24 heavy (non-hydrogen) atoms. The zero-order valence-electron chi connectivity index (χ0n) is 14.1. The van der Waals surface area contributed by atoms with Crippen molar-refractivity contribution in [2.75, 3.05) is 44.2 Å². The molecule has 2 heterocycles. The van der Waals surface area contributed by atoms with Crippen LogP contribution in [0.4, 0.5) is 5.69 Å². The summed E-state index contributed by atoms with van der Waals surface area (Å²) in [5.41, 5.74) is 1.15. The first kappa shape index (κ1) is 17.1. The Labute approximate surface area is 148 Å². The molecule has 0 aromatic heterocycles. The van der Waals surface area contributed by atoms with E-state index < -0.39 is 0 Å². The number of carbonyl (C=O) groups is 2. The van der Waals surface area contributed by atoms with Gasteiger partial charge in [0.15, 0.2) is 0 Å².